The third kappa shape index (κ3) is 5.25. The van der Waals surface area contributed by atoms with Crippen molar-refractivity contribution in [1.29, 1.82) is 0 Å². The highest BCUT2D eigenvalue weighted by molar-refractivity contribution is 6.04. The Hall–Kier alpha value is -3.08. The summed E-state index contributed by atoms with van der Waals surface area (Å²) in [7, 11) is 0. The summed E-state index contributed by atoms with van der Waals surface area (Å²) in [5.74, 6) is 1.21. The number of ether oxygens (including phenoxy) is 2. The topological polar surface area (TPSA) is 60.5 Å². The number of carbonyl (C=O) groups is 1. The molecular weight excluding hydrogens is 364 g/mol. The Kier molecular flexibility index (Phi) is 6.70. The molecule has 0 radical (unpaired) electrons. The summed E-state index contributed by atoms with van der Waals surface area (Å²) in [5, 5.41) is 3.81. The molecule has 0 bridgehead atoms. The van der Waals surface area contributed by atoms with Crippen LogP contribution in [0.3, 0.4) is 0 Å². The van der Waals surface area contributed by atoms with Crippen LogP contribution in [0.25, 0.3) is 10.9 Å². The molecule has 0 aliphatic heterocycles. The minimum absolute atomic E-state index is 0.214. The number of hydrogen-bond acceptors (Lipinski definition) is 4. The Morgan fingerprint density at radius 2 is 1.90 bits per heavy atom. The van der Waals surface area contributed by atoms with Crippen molar-refractivity contribution in [2.45, 2.75) is 46.6 Å². The van der Waals surface area contributed by atoms with Crippen LogP contribution in [0.1, 0.15) is 37.8 Å². The number of carbonyl (C=O) groups excluding carboxylic acids is 1. The van der Waals surface area contributed by atoms with Gasteiger partial charge in [-0.2, -0.15) is 0 Å². The van der Waals surface area contributed by atoms with E-state index in [2.05, 4.69) is 23.3 Å². The predicted octanol–water partition coefficient (Wildman–Crippen LogP) is 5.44. The van der Waals surface area contributed by atoms with Gasteiger partial charge in [-0.05, 0) is 74.7 Å². The quantitative estimate of drug-likeness (QED) is 0.519. The second kappa shape index (κ2) is 9.41. The van der Waals surface area contributed by atoms with E-state index in [4.69, 9.17) is 9.47 Å². The van der Waals surface area contributed by atoms with Crippen LogP contribution in [0.5, 0.6) is 11.5 Å². The van der Waals surface area contributed by atoms with Crippen molar-refractivity contribution in [3.63, 3.8) is 0 Å². The van der Waals surface area contributed by atoms with Gasteiger partial charge in [0.1, 0.15) is 17.0 Å². The van der Waals surface area contributed by atoms with Crippen molar-refractivity contribution in [1.82, 2.24) is 4.98 Å². The summed E-state index contributed by atoms with van der Waals surface area (Å²) in [6.45, 7) is 8.53. The number of nitrogens with one attached hydrogen (secondary N) is 1. The van der Waals surface area contributed by atoms with E-state index in [1.54, 1.807) is 13.1 Å². The lowest BCUT2D eigenvalue weighted by atomic mass is 10.1. The average molecular weight is 392 g/mol. The summed E-state index contributed by atoms with van der Waals surface area (Å²) in [4.78, 5) is 17.2. The lowest BCUT2D eigenvalue weighted by molar-refractivity contribution is -0.122. The Morgan fingerprint density at radius 1 is 1.14 bits per heavy atom. The number of rotatable bonds is 8. The SMILES string of the molecule is CCCCOc1ccc(NC(=O)[C@H](C)Oc2cc(C)cc(C)c2)c2cccnc12. The zero-order valence-electron chi connectivity index (χ0n) is 17.5. The number of aryl methyl sites for hydroxylation is 2. The lowest BCUT2D eigenvalue weighted by Crippen LogP contribution is -2.30. The van der Waals surface area contributed by atoms with Crippen LogP contribution >= 0.6 is 0 Å². The Labute approximate surface area is 172 Å². The second-order valence-corrected chi connectivity index (χ2v) is 7.29. The van der Waals surface area contributed by atoms with E-state index < -0.39 is 6.10 Å². The number of fused-ring (bicyclic) bond motifs is 1. The predicted molar refractivity (Wildman–Crippen MR) is 117 cm³/mol. The molecule has 1 heterocycles. The molecule has 29 heavy (non-hydrogen) atoms. The molecule has 5 nitrogen and oxygen atoms in total. The fraction of sp³-hybridized carbons (Fsp3) is 0.333. The Bertz CT molecular complexity index is 980. The molecule has 3 rings (SSSR count). The van der Waals surface area contributed by atoms with Crippen LogP contribution in [0.2, 0.25) is 0 Å². The lowest BCUT2D eigenvalue weighted by Gasteiger charge is -2.17. The Morgan fingerprint density at radius 3 is 2.62 bits per heavy atom. The van der Waals surface area contributed by atoms with Gasteiger partial charge in [0.2, 0.25) is 0 Å². The number of aromatic nitrogens is 1. The van der Waals surface area contributed by atoms with E-state index in [-0.39, 0.29) is 5.91 Å². The number of hydrogen-bond donors (Lipinski definition) is 1. The third-order valence-corrected chi connectivity index (χ3v) is 4.62. The first-order chi connectivity index (χ1) is 14.0. The molecule has 2 aromatic carbocycles. The number of benzene rings is 2. The van der Waals surface area contributed by atoms with Crippen molar-refractivity contribution in [3.05, 3.63) is 59.8 Å². The monoisotopic (exact) mass is 392 g/mol. The van der Waals surface area contributed by atoms with Crippen LogP contribution in [-0.2, 0) is 4.79 Å². The molecule has 5 heteroatoms. The van der Waals surface area contributed by atoms with Crippen LogP contribution < -0.4 is 14.8 Å². The van der Waals surface area contributed by atoms with Gasteiger partial charge in [0.15, 0.2) is 6.10 Å². The van der Waals surface area contributed by atoms with Crippen molar-refractivity contribution >= 4 is 22.5 Å². The number of amides is 1. The fourth-order valence-corrected chi connectivity index (χ4v) is 3.19. The van der Waals surface area contributed by atoms with Gasteiger partial charge in [-0.25, -0.2) is 0 Å². The minimum atomic E-state index is -0.636. The molecule has 0 aliphatic rings. The van der Waals surface area contributed by atoms with Crippen molar-refractivity contribution < 1.29 is 14.3 Å². The van der Waals surface area contributed by atoms with Gasteiger partial charge < -0.3 is 14.8 Å². The zero-order chi connectivity index (χ0) is 20.8. The summed E-state index contributed by atoms with van der Waals surface area (Å²) in [5.41, 5.74) is 3.63. The number of anilines is 1. The highest BCUT2D eigenvalue weighted by atomic mass is 16.5. The molecule has 3 aromatic rings. The molecule has 1 aromatic heterocycles. The molecule has 0 saturated heterocycles. The van der Waals surface area contributed by atoms with Gasteiger partial charge in [0.25, 0.3) is 5.91 Å². The maximum atomic E-state index is 12.7. The summed E-state index contributed by atoms with van der Waals surface area (Å²) < 4.78 is 11.7. The first kappa shape index (κ1) is 20.6. The summed E-state index contributed by atoms with van der Waals surface area (Å²) in [6.07, 6.45) is 3.15. The van der Waals surface area contributed by atoms with E-state index in [9.17, 15) is 4.79 Å². The molecular formula is C24H28N2O3. The fourth-order valence-electron chi connectivity index (χ4n) is 3.19. The van der Waals surface area contributed by atoms with Gasteiger partial charge in [-0.1, -0.05) is 19.4 Å². The zero-order valence-corrected chi connectivity index (χ0v) is 17.5. The van der Waals surface area contributed by atoms with Gasteiger partial charge in [0, 0.05) is 11.6 Å². The second-order valence-electron chi connectivity index (χ2n) is 7.29. The molecule has 0 spiro atoms. The van der Waals surface area contributed by atoms with Crippen LogP contribution in [0, 0.1) is 13.8 Å². The van der Waals surface area contributed by atoms with Crippen molar-refractivity contribution in [3.8, 4) is 11.5 Å². The minimum Gasteiger partial charge on any atom is -0.491 e. The van der Waals surface area contributed by atoms with Crippen LogP contribution in [0.15, 0.2) is 48.7 Å². The van der Waals surface area contributed by atoms with Crippen LogP contribution in [0.4, 0.5) is 5.69 Å². The molecule has 1 amide bonds. The highest BCUT2D eigenvalue weighted by Gasteiger charge is 2.17. The summed E-state index contributed by atoms with van der Waals surface area (Å²) in [6, 6.07) is 13.4. The van der Waals surface area contributed by atoms with Crippen molar-refractivity contribution in [2.24, 2.45) is 0 Å². The molecule has 0 unspecified atom stereocenters. The average Bonchev–Trinajstić information content (AvgIpc) is 2.68. The first-order valence-electron chi connectivity index (χ1n) is 10.0. The van der Waals surface area contributed by atoms with E-state index in [0.29, 0.717) is 18.0 Å². The molecule has 0 fully saturated rings. The van der Waals surface area contributed by atoms with Gasteiger partial charge >= 0.3 is 0 Å². The maximum Gasteiger partial charge on any atom is 0.265 e. The Balaban J connectivity index is 1.76. The molecule has 1 N–H and O–H groups in total. The third-order valence-electron chi connectivity index (χ3n) is 4.62. The van der Waals surface area contributed by atoms with E-state index in [0.717, 1.165) is 40.6 Å². The number of unbranched alkanes of at least 4 members (excludes halogenated alkanes) is 1. The van der Waals surface area contributed by atoms with Crippen molar-refractivity contribution in [2.75, 3.05) is 11.9 Å². The highest BCUT2D eigenvalue weighted by Crippen LogP contribution is 2.30. The van der Waals surface area contributed by atoms with Gasteiger partial charge in [0.05, 0.1) is 12.3 Å². The molecule has 0 saturated carbocycles. The van der Waals surface area contributed by atoms with E-state index >= 15 is 0 Å². The first-order valence-corrected chi connectivity index (χ1v) is 10.0. The summed E-state index contributed by atoms with van der Waals surface area (Å²) >= 11 is 0. The van der Waals surface area contributed by atoms with Crippen LogP contribution in [-0.4, -0.2) is 23.6 Å². The molecule has 0 aliphatic carbocycles. The molecule has 152 valence electrons. The van der Waals surface area contributed by atoms with E-state index in [1.807, 2.05) is 50.2 Å². The molecule has 1 atom stereocenters. The smallest absolute Gasteiger partial charge is 0.265 e. The standard InChI is InChI=1S/C24H28N2O3/c1-5-6-12-28-22-10-9-21(20-8-7-11-25-23(20)22)26-24(27)18(4)29-19-14-16(2)13-17(3)15-19/h7-11,13-15,18H,5-6,12H2,1-4H3,(H,26,27)/t18-/m0/s1. The normalized spacial score (nSPS) is 11.9. The number of nitrogens with zero attached hydrogens (tertiary/aromatic N) is 1. The van der Waals surface area contributed by atoms with E-state index in [1.165, 1.54) is 0 Å². The van der Waals surface area contributed by atoms with Gasteiger partial charge in [-0.15, -0.1) is 0 Å². The maximum absolute atomic E-state index is 12.7. The number of pyridine rings is 1. The largest absolute Gasteiger partial charge is 0.491 e. The van der Waals surface area contributed by atoms with Gasteiger partial charge in [-0.3, -0.25) is 9.78 Å².